The molecule has 0 aromatic rings. The molecule has 0 radical (unpaired) electrons. The molecular formula is C10H19ClO. The number of hydrogen-bond donors (Lipinski definition) is 1. The van der Waals surface area contributed by atoms with Crippen molar-refractivity contribution in [3.05, 3.63) is 11.1 Å². The number of aliphatic hydroxyl groups is 1. The third-order valence-corrected chi connectivity index (χ3v) is 2.59. The molecule has 0 saturated heterocycles. The summed E-state index contributed by atoms with van der Waals surface area (Å²) in [6.45, 7) is 8.08. The van der Waals surface area contributed by atoms with E-state index in [1.807, 2.05) is 13.8 Å². The maximum absolute atomic E-state index is 9.46. The molecule has 0 rings (SSSR count). The Balaban J connectivity index is 4.14. The lowest BCUT2D eigenvalue weighted by molar-refractivity contribution is 0.0977. The fraction of sp³-hybridized carbons (Fsp3) is 0.800. The molecule has 0 saturated carbocycles. The number of allylic oxidation sites excluding steroid dienone is 1. The van der Waals surface area contributed by atoms with E-state index in [1.165, 1.54) is 0 Å². The predicted molar refractivity (Wildman–Crippen MR) is 54.2 cm³/mol. The normalized spacial score (nSPS) is 18.1. The second-order valence-corrected chi connectivity index (χ2v) is 4.03. The van der Waals surface area contributed by atoms with Gasteiger partial charge in [0.1, 0.15) is 0 Å². The van der Waals surface area contributed by atoms with Crippen molar-refractivity contribution in [2.24, 2.45) is 11.8 Å². The summed E-state index contributed by atoms with van der Waals surface area (Å²) < 4.78 is 0. The highest BCUT2D eigenvalue weighted by Crippen LogP contribution is 2.23. The minimum Gasteiger partial charge on any atom is -0.393 e. The monoisotopic (exact) mass is 190 g/mol. The van der Waals surface area contributed by atoms with Gasteiger partial charge in [-0.2, -0.15) is 0 Å². The van der Waals surface area contributed by atoms with Crippen molar-refractivity contribution in [1.29, 1.82) is 0 Å². The van der Waals surface area contributed by atoms with E-state index >= 15 is 0 Å². The molecule has 2 heteroatoms. The van der Waals surface area contributed by atoms with E-state index < -0.39 is 0 Å². The molecule has 0 aromatic heterocycles. The summed E-state index contributed by atoms with van der Waals surface area (Å²) in [6, 6.07) is 0. The van der Waals surface area contributed by atoms with Gasteiger partial charge in [-0.05, 0) is 32.1 Å². The molecule has 0 aromatic carbocycles. The average molecular weight is 191 g/mol. The fourth-order valence-electron chi connectivity index (χ4n) is 1.38. The standard InChI is InChI=1S/C10H19ClO/c1-7(2)10(9(4)12)5-8(3)6-11/h6-7,9-10,12H,5H2,1-4H3. The molecule has 12 heavy (non-hydrogen) atoms. The SMILES string of the molecule is CC(=CCl)CC(C(C)C)C(C)O. The van der Waals surface area contributed by atoms with Crippen LogP contribution in [0, 0.1) is 11.8 Å². The van der Waals surface area contributed by atoms with Crippen molar-refractivity contribution in [2.45, 2.75) is 40.2 Å². The molecule has 0 spiro atoms. The predicted octanol–water partition coefficient (Wildman–Crippen LogP) is 3.17. The Kier molecular flexibility index (Phi) is 5.60. The summed E-state index contributed by atoms with van der Waals surface area (Å²) in [7, 11) is 0. The van der Waals surface area contributed by atoms with E-state index in [2.05, 4.69) is 13.8 Å². The third-order valence-electron chi connectivity index (χ3n) is 2.22. The Labute approximate surface area is 80.4 Å². The van der Waals surface area contributed by atoms with Gasteiger partial charge in [0, 0.05) is 5.54 Å². The zero-order valence-corrected chi connectivity index (χ0v) is 9.10. The van der Waals surface area contributed by atoms with Crippen molar-refractivity contribution in [3.63, 3.8) is 0 Å². The van der Waals surface area contributed by atoms with E-state index in [0.717, 1.165) is 12.0 Å². The van der Waals surface area contributed by atoms with Crippen LogP contribution in [0.5, 0.6) is 0 Å². The Morgan fingerprint density at radius 2 is 1.92 bits per heavy atom. The second-order valence-electron chi connectivity index (χ2n) is 3.81. The van der Waals surface area contributed by atoms with Crippen LogP contribution in [0.2, 0.25) is 0 Å². The van der Waals surface area contributed by atoms with Crippen LogP contribution in [0.25, 0.3) is 0 Å². The summed E-state index contributed by atoms with van der Waals surface area (Å²) in [5.41, 5.74) is 2.73. The van der Waals surface area contributed by atoms with Gasteiger partial charge >= 0.3 is 0 Å². The number of rotatable bonds is 4. The highest BCUT2D eigenvalue weighted by atomic mass is 35.5. The summed E-state index contributed by atoms with van der Waals surface area (Å²) >= 11 is 5.56. The van der Waals surface area contributed by atoms with Crippen LogP contribution in [0.15, 0.2) is 11.1 Å². The molecule has 0 aliphatic rings. The Morgan fingerprint density at radius 3 is 2.17 bits per heavy atom. The van der Waals surface area contributed by atoms with E-state index in [9.17, 15) is 5.11 Å². The van der Waals surface area contributed by atoms with Gasteiger partial charge in [0.05, 0.1) is 6.10 Å². The molecule has 0 heterocycles. The summed E-state index contributed by atoms with van der Waals surface area (Å²) in [5.74, 6) is 0.816. The first-order valence-electron chi connectivity index (χ1n) is 4.43. The van der Waals surface area contributed by atoms with E-state index in [1.54, 1.807) is 5.54 Å². The van der Waals surface area contributed by atoms with Gasteiger partial charge in [-0.25, -0.2) is 0 Å². The summed E-state index contributed by atoms with van der Waals surface area (Å²) in [5, 5.41) is 9.46. The lowest BCUT2D eigenvalue weighted by atomic mass is 9.86. The zero-order valence-electron chi connectivity index (χ0n) is 8.34. The van der Waals surface area contributed by atoms with Crippen LogP contribution in [0.3, 0.4) is 0 Å². The number of aliphatic hydroxyl groups excluding tert-OH is 1. The van der Waals surface area contributed by atoms with Crippen molar-refractivity contribution in [1.82, 2.24) is 0 Å². The number of halogens is 1. The first-order valence-corrected chi connectivity index (χ1v) is 4.86. The lowest BCUT2D eigenvalue weighted by Gasteiger charge is -2.23. The van der Waals surface area contributed by atoms with Gasteiger partial charge in [0.2, 0.25) is 0 Å². The third kappa shape index (κ3) is 4.13. The Bertz CT molecular complexity index is 142. The van der Waals surface area contributed by atoms with Gasteiger partial charge in [-0.3, -0.25) is 0 Å². The molecule has 2 unspecified atom stereocenters. The molecule has 72 valence electrons. The van der Waals surface area contributed by atoms with Crippen molar-refractivity contribution >= 4 is 11.6 Å². The van der Waals surface area contributed by atoms with Crippen molar-refractivity contribution < 1.29 is 5.11 Å². The zero-order chi connectivity index (χ0) is 9.72. The van der Waals surface area contributed by atoms with Gasteiger partial charge in [-0.15, -0.1) is 0 Å². The minimum absolute atomic E-state index is 0.253. The topological polar surface area (TPSA) is 20.2 Å². The van der Waals surface area contributed by atoms with Crippen molar-refractivity contribution in [2.75, 3.05) is 0 Å². The van der Waals surface area contributed by atoms with Crippen LogP contribution >= 0.6 is 11.6 Å². The van der Waals surface area contributed by atoms with Crippen LogP contribution in [-0.2, 0) is 0 Å². The van der Waals surface area contributed by atoms with Crippen LogP contribution in [0.4, 0.5) is 0 Å². The lowest BCUT2D eigenvalue weighted by Crippen LogP contribution is -2.22. The molecular weight excluding hydrogens is 172 g/mol. The van der Waals surface area contributed by atoms with E-state index in [-0.39, 0.29) is 6.10 Å². The maximum atomic E-state index is 9.46. The smallest absolute Gasteiger partial charge is 0.0545 e. The Morgan fingerprint density at radius 1 is 1.42 bits per heavy atom. The van der Waals surface area contributed by atoms with Crippen LogP contribution in [0.1, 0.15) is 34.1 Å². The second kappa shape index (κ2) is 5.60. The van der Waals surface area contributed by atoms with Crippen molar-refractivity contribution in [3.8, 4) is 0 Å². The first kappa shape index (κ1) is 12.0. The largest absolute Gasteiger partial charge is 0.393 e. The molecule has 1 N–H and O–H groups in total. The molecule has 0 fully saturated rings. The molecule has 1 nitrogen and oxygen atoms in total. The Hall–Kier alpha value is -0.0100. The fourth-order valence-corrected chi connectivity index (χ4v) is 1.47. The first-order chi connectivity index (χ1) is 5.49. The molecule has 0 aliphatic carbocycles. The minimum atomic E-state index is -0.253. The number of hydrogen-bond acceptors (Lipinski definition) is 1. The van der Waals surface area contributed by atoms with Gasteiger partial charge in [-0.1, -0.05) is 31.0 Å². The summed E-state index contributed by atoms with van der Waals surface area (Å²) in [6.07, 6.45) is 0.635. The molecule has 2 atom stereocenters. The molecule has 0 aliphatic heterocycles. The molecule has 0 bridgehead atoms. The highest BCUT2D eigenvalue weighted by molar-refractivity contribution is 6.25. The maximum Gasteiger partial charge on any atom is 0.0545 e. The van der Waals surface area contributed by atoms with Gasteiger partial charge < -0.3 is 5.11 Å². The van der Waals surface area contributed by atoms with E-state index in [4.69, 9.17) is 11.6 Å². The highest BCUT2D eigenvalue weighted by Gasteiger charge is 2.18. The van der Waals surface area contributed by atoms with Crippen LogP contribution < -0.4 is 0 Å². The van der Waals surface area contributed by atoms with Gasteiger partial charge in [0.25, 0.3) is 0 Å². The van der Waals surface area contributed by atoms with Gasteiger partial charge in [0.15, 0.2) is 0 Å². The van der Waals surface area contributed by atoms with E-state index in [0.29, 0.717) is 11.8 Å². The quantitative estimate of drug-likeness (QED) is 0.722. The summed E-state index contributed by atoms with van der Waals surface area (Å²) in [4.78, 5) is 0. The average Bonchev–Trinajstić information content (AvgIpc) is 1.98. The van der Waals surface area contributed by atoms with Crippen LogP contribution in [-0.4, -0.2) is 11.2 Å². The molecule has 0 amide bonds.